The lowest BCUT2D eigenvalue weighted by Gasteiger charge is -2.47. The first-order valence-electron chi connectivity index (χ1n) is 15.8. The summed E-state index contributed by atoms with van der Waals surface area (Å²) in [5.41, 5.74) is -0.456. The predicted octanol–water partition coefficient (Wildman–Crippen LogP) is 3.19. The summed E-state index contributed by atoms with van der Waals surface area (Å²) >= 11 is 0. The summed E-state index contributed by atoms with van der Waals surface area (Å²) in [5, 5.41) is 6.75. The number of rotatable bonds is 8. The molecule has 5 rings (SSSR count). The number of piperazine rings is 1. The molecule has 1 unspecified atom stereocenters. The van der Waals surface area contributed by atoms with Gasteiger partial charge in [0.05, 0.1) is 11.7 Å². The fraction of sp³-hybridized carbons (Fsp3) is 0.656. The number of nitrogens with zero attached hydrogens (tertiary/aromatic N) is 5. The van der Waals surface area contributed by atoms with Crippen molar-refractivity contribution >= 4 is 11.9 Å². The lowest BCUT2D eigenvalue weighted by Crippen LogP contribution is -2.60. The molecule has 5 heterocycles. The van der Waals surface area contributed by atoms with Crippen LogP contribution in [-0.4, -0.2) is 113 Å². The topological polar surface area (TPSA) is 93.3 Å². The highest BCUT2D eigenvalue weighted by atomic mass is 19.1. The second-order valence-corrected chi connectivity index (χ2v) is 12.8. The molecule has 0 aromatic carbocycles. The number of urea groups is 1. The van der Waals surface area contributed by atoms with E-state index < -0.39 is 17.4 Å². The van der Waals surface area contributed by atoms with Gasteiger partial charge in [0.25, 0.3) is 5.91 Å². The van der Waals surface area contributed by atoms with Gasteiger partial charge >= 0.3 is 6.03 Å². The highest BCUT2D eigenvalue weighted by molar-refractivity contribution is 5.94. The van der Waals surface area contributed by atoms with Crippen LogP contribution in [0, 0.1) is 0 Å². The number of likely N-dealkylation sites (tertiary alicyclic amines) is 2. The molecular formula is C32H48FN7O3. The molecule has 3 fully saturated rings. The summed E-state index contributed by atoms with van der Waals surface area (Å²) in [5.74, 6) is -0.175. The van der Waals surface area contributed by atoms with Crippen molar-refractivity contribution < 1.29 is 18.7 Å². The molecule has 236 valence electrons. The molecule has 3 amide bonds. The van der Waals surface area contributed by atoms with Crippen molar-refractivity contribution in [3.63, 3.8) is 0 Å². The number of pyridine rings is 1. The number of carbonyl (C=O) groups is 2. The molecule has 1 aromatic heterocycles. The Morgan fingerprint density at radius 2 is 2.00 bits per heavy atom. The summed E-state index contributed by atoms with van der Waals surface area (Å²) in [6.45, 7) is 11.5. The number of hydrogen-bond acceptors (Lipinski definition) is 7. The van der Waals surface area contributed by atoms with Gasteiger partial charge in [0, 0.05) is 69.4 Å². The van der Waals surface area contributed by atoms with Crippen molar-refractivity contribution in [3.05, 3.63) is 53.6 Å². The summed E-state index contributed by atoms with van der Waals surface area (Å²) < 4.78 is 21.2. The number of allylic oxidation sites excluding steroid dienone is 1. The third kappa shape index (κ3) is 6.52. The minimum atomic E-state index is -1.45. The average Bonchev–Trinajstić information content (AvgIpc) is 3.66. The average molecular weight is 598 g/mol. The van der Waals surface area contributed by atoms with Gasteiger partial charge < -0.3 is 35.0 Å². The smallest absolute Gasteiger partial charge is 0.320 e. The third-order valence-corrected chi connectivity index (χ3v) is 9.28. The summed E-state index contributed by atoms with van der Waals surface area (Å²) in [4.78, 5) is 40.0. The minimum Gasteiger partial charge on any atom is -0.363 e. The summed E-state index contributed by atoms with van der Waals surface area (Å²) in [6.07, 6.45) is 10.6. The molecule has 4 aliphatic heterocycles. The number of amides is 3. The molecule has 0 radical (unpaired) electrons. The molecule has 0 saturated carbocycles. The Bertz CT molecular complexity index is 1220. The Hall–Kier alpha value is -3.18. The molecule has 4 atom stereocenters. The first-order valence-corrected chi connectivity index (χ1v) is 15.8. The largest absolute Gasteiger partial charge is 0.363 e. The Balaban J connectivity index is 1.42. The second-order valence-electron chi connectivity index (χ2n) is 12.8. The van der Waals surface area contributed by atoms with E-state index in [4.69, 9.17) is 4.74 Å². The van der Waals surface area contributed by atoms with Gasteiger partial charge in [-0.2, -0.15) is 0 Å². The van der Waals surface area contributed by atoms with Crippen LogP contribution in [0.25, 0.3) is 0 Å². The first kappa shape index (κ1) is 31.3. The molecule has 10 nitrogen and oxygen atoms in total. The van der Waals surface area contributed by atoms with E-state index in [0.29, 0.717) is 44.9 Å². The van der Waals surface area contributed by atoms with Crippen LogP contribution >= 0.6 is 0 Å². The summed E-state index contributed by atoms with van der Waals surface area (Å²) in [7, 11) is 2.06. The second kappa shape index (κ2) is 12.8. The zero-order valence-electron chi connectivity index (χ0n) is 26.3. The highest BCUT2D eigenvalue weighted by Crippen LogP contribution is 2.35. The Morgan fingerprint density at radius 3 is 2.65 bits per heavy atom. The maximum Gasteiger partial charge on any atom is 0.320 e. The predicted molar refractivity (Wildman–Crippen MR) is 164 cm³/mol. The van der Waals surface area contributed by atoms with Crippen molar-refractivity contribution in [1.82, 2.24) is 35.2 Å². The molecule has 2 N–H and O–H groups in total. The van der Waals surface area contributed by atoms with Crippen molar-refractivity contribution in [3.8, 4) is 0 Å². The van der Waals surface area contributed by atoms with E-state index >= 15 is 0 Å². The van der Waals surface area contributed by atoms with E-state index in [1.165, 1.54) is 0 Å². The number of halogens is 1. The van der Waals surface area contributed by atoms with Gasteiger partial charge in [0.1, 0.15) is 11.4 Å². The SMILES string of the molecule is CCOC1(c2cccnc2)C=CC(N2CCN(C(=O)N3CCC[C@H]3C(C)(C)F)C[C@H]2CC)=C(C(=O)N[C@@H]2CCN(C)C2)N1. The monoisotopic (exact) mass is 597 g/mol. The maximum atomic E-state index is 14.9. The van der Waals surface area contributed by atoms with Gasteiger partial charge in [-0.25, -0.2) is 9.18 Å². The number of ether oxygens (including phenoxy) is 1. The fourth-order valence-electron chi connectivity index (χ4n) is 7.03. The van der Waals surface area contributed by atoms with Crippen LogP contribution in [0.2, 0.25) is 0 Å². The van der Waals surface area contributed by atoms with E-state index in [1.54, 1.807) is 31.1 Å². The van der Waals surface area contributed by atoms with Gasteiger partial charge in [0.2, 0.25) is 0 Å². The molecule has 4 aliphatic rings. The lowest BCUT2D eigenvalue weighted by atomic mass is 9.97. The normalized spacial score (nSPS) is 28.4. The molecule has 0 spiro atoms. The van der Waals surface area contributed by atoms with Gasteiger partial charge in [-0.05, 0) is 78.3 Å². The van der Waals surface area contributed by atoms with Gasteiger partial charge in [-0.1, -0.05) is 13.0 Å². The van der Waals surface area contributed by atoms with Crippen LogP contribution in [0.3, 0.4) is 0 Å². The minimum absolute atomic E-state index is 0.0167. The molecular weight excluding hydrogens is 549 g/mol. The molecule has 0 bridgehead atoms. The van der Waals surface area contributed by atoms with E-state index in [2.05, 4.69) is 39.4 Å². The van der Waals surface area contributed by atoms with Crippen LogP contribution in [0.15, 0.2) is 48.1 Å². The fourth-order valence-corrected chi connectivity index (χ4v) is 7.03. The lowest BCUT2D eigenvalue weighted by molar-refractivity contribution is -0.120. The number of dihydropyridines is 1. The molecule has 3 saturated heterocycles. The van der Waals surface area contributed by atoms with E-state index in [1.807, 2.05) is 36.1 Å². The van der Waals surface area contributed by atoms with Crippen molar-refractivity contribution in [2.45, 2.75) is 82.9 Å². The van der Waals surface area contributed by atoms with Gasteiger partial charge in [-0.15, -0.1) is 0 Å². The summed E-state index contributed by atoms with van der Waals surface area (Å²) in [6, 6.07) is 3.34. The first-order chi connectivity index (χ1) is 20.6. The van der Waals surface area contributed by atoms with E-state index in [-0.39, 0.29) is 24.0 Å². The van der Waals surface area contributed by atoms with Crippen molar-refractivity contribution in [1.29, 1.82) is 0 Å². The number of likely N-dealkylation sites (N-methyl/N-ethyl adjacent to an activating group) is 1. The van der Waals surface area contributed by atoms with Crippen molar-refractivity contribution in [2.24, 2.45) is 0 Å². The van der Waals surface area contributed by atoms with Crippen LogP contribution in [0.1, 0.15) is 58.9 Å². The molecule has 43 heavy (non-hydrogen) atoms. The van der Waals surface area contributed by atoms with Crippen LogP contribution in [0.4, 0.5) is 9.18 Å². The maximum absolute atomic E-state index is 14.9. The standard InChI is InChI=1S/C32H48FN7O3/c1-6-25-22-38(30(42)40-16-9-11-27(40)31(3,4)33)18-19-39(25)26-12-14-32(43-7-2,23-10-8-15-34-20-23)36-28(26)29(41)35-24-13-17-37(5)21-24/h8,10,12,14-15,20,24-25,27,36H,6-7,9,11,13,16-19,21-22H2,1-5H3,(H,35,41)/t24-,25-,27+,32?/m1/s1. The van der Waals surface area contributed by atoms with E-state index in [0.717, 1.165) is 43.6 Å². The van der Waals surface area contributed by atoms with Crippen LogP contribution < -0.4 is 10.6 Å². The number of nitrogens with one attached hydrogen (secondary N) is 2. The number of aromatic nitrogens is 1. The zero-order chi connectivity index (χ0) is 30.8. The van der Waals surface area contributed by atoms with Crippen LogP contribution in [-0.2, 0) is 15.3 Å². The molecule has 0 aliphatic carbocycles. The Morgan fingerprint density at radius 1 is 1.19 bits per heavy atom. The van der Waals surface area contributed by atoms with E-state index in [9.17, 15) is 14.0 Å². The third-order valence-electron chi connectivity index (χ3n) is 9.28. The van der Waals surface area contributed by atoms with Gasteiger partial charge in [-0.3, -0.25) is 9.78 Å². The number of carbonyl (C=O) groups excluding carboxylic acids is 2. The van der Waals surface area contributed by atoms with Crippen LogP contribution in [0.5, 0.6) is 0 Å². The quantitative estimate of drug-likeness (QED) is 0.476. The van der Waals surface area contributed by atoms with Gasteiger partial charge in [0.15, 0.2) is 5.72 Å². The molecule has 11 heteroatoms. The number of alkyl halides is 1. The zero-order valence-corrected chi connectivity index (χ0v) is 26.3. The van der Waals surface area contributed by atoms with Crippen molar-refractivity contribution in [2.75, 3.05) is 52.9 Å². The highest BCUT2D eigenvalue weighted by Gasteiger charge is 2.44. The Labute approximate surface area is 255 Å². The Kier molecular flexibility index (Phi) is 9.31. The molecule has 1 aromatic rings. The number of hydrogen-bond donors (Lipinski definition) is 2.